The molecule has 6 heteroatoms. The third-order valence-electron chi connectivity index (χ3n) is 3.99. The highest BCUT2D eigenvalue weighted by atomic mass is 32.2. The maximum Gasteiger partial charge on any atom is 0.276 e. The highest BCUT2D eigenvalue weighted by Crippen LogP contribution is 2.35. The summed E-state index contributed by atoms with van der Waals surface area (Å²) in [5, 5.41) is -0.145. The Labute approximate surface area is 120 Å². The number of carbonyl (C=O) groups excluding carboxylic acids is 1. The second kappa shape index (κ2) is 5.33. The summed E-state index contributed by atoms with van der Waals surface area (Å²) in [7, 11) is -3.61. The summed E-state index contributed by atoms with van der Waals surface area (Å²) in [5.41, 5.74) is 0.200. The number of furan rings is 1. The van der Waals surface area contributed by atoms with Crippen LogP contribution in [0, 0.1) is 11.3 Å². The number of piperidine rings is 1. The van der Waals surface area contributed by atoms with Crippen molar-refractivity contribution in [2.24, 2.45) is 11.3 Å². The van der Waals surface area contributed by atoms with E-state index in [1.165, 1.54) is 16.4 Å². The number of hydrogen-bond donors (Lipinski definition) is 0. The van der Waals surface area contributed by atoms with Crippen LogP contribution in [0.5, 0.6) is 0 Å². The van der Waals surface area contributed by atoms with Gasteiger partial charge in [-0.15, -0.1) is 0 Å². The van der Waals surface area contributed by atoms with Crippen molar-refractivity contribution < 1.29 is 17.6 Å². The zero-order chi connectivity index (χ0) is 15.0. The summed E-state index contributed by atoms with van der Waals surface area (Å²) < 4.78 is 31.3. The van der Waals surface area contributed by atoms with E-state index in [0.717, 1.165) is 12.8 Å². The summed E-state index contributed by atoms with van der Waals surface area (Å²) in [6.07, 6.45) is 2.21. The van der Waals surface area contributed by atoms with Crippen molar-refractivity contribution >= 4 is 16.3 Å². The molecule has 1 fully saturated rings. The van der Waals surface area contributed by atoms with Crippen molar-refractivity contribution in [2.75, 3.05) is 13.1 Å². The van der Waals surface area contributed by atoms with Crippen LogP contribution in [0.4, 0.5) is 0 Å². The molecule has 0 aliphatic carbocycles. The van der Waals surface area contributed by atoms with Gasteiger partial charge in [0.25, 0.3) is 10.0 Å². The first kappa shape index (κ1) is 15.3. The molecule has 1 saturated heterocycles. The Morgan fingerprint density at radius 2 is 1.85 bits per heavy atom. The summed E-state index contributed by atoms with van der Waals surface area (Å²) >= 11 is 0. The van der Waals surface area contributed by atoms with E-state index in [1.54, 1.807) is 0 Å². The zero-order valence-electron chi connectivity index (χ0n) is 12.1. The summed E-state index contributed by atoms with van der Waals surface area (Å²) in [4.78, 5) is 10.6. The SMILES string of the molecule is CC(C)(C)C1CCN(S(=O)(=O)c2ccc(C=O)o2)CC1. The second-order valence-corrected chi connectivity index (χ2v) is 8.19. The molecule has 112 valence electrons. The number of nitrogens with zero attached hydrogens (tertiary/aromatic N) is 1. The minimum atomic E-state index is -3.61. The van der Waals surface area contributed by atoms with Crippen molar-refractivity contribution in [3.8, 4) is 0 Å². The van der Waals surface area contributed by atoms with E-state index in [0.29, 0.717) is 25.3 Å². The van der Waals surface area contributed by atoms with Gasteiger partial charge in [-0.1, -0.05) is 20.8 Å². The topological polar surface area (TPSA) is 67.6 Å². The normalized spacial score (nSPS) is 19.1. The lowest BCUT2D eigenvalue weighted by Crippen LogP contribution is -2.41. The van der Waals surface area contributed by atoms with E-state index in [4.69, 9.17) is 4.42 Å². The Balaban J connectivity index is 2.11. The van der Waals surface area contributed by atoms with E-state index in [-0.39, 0.29) is 16.3 Å². The molecule has 1 aliphatic rings. The van der Waals surface area contributed by atoms with Gasteiger partial charge in [0, 0.05) is 13.1 Å². The molecule has 2 heterocycles. The zero-order valence-corrected chi connectivity index (χ0v) is 12.9. The van der Waals surface area contributed by atoms with Crippen LogP contribution in [0.3, 0.4) is 0 Å². The lowest BCUT2D eigenvalue weighted by Gasteiger charge is -2.37. The van der Waals surface area contributed by atoms with Crippen molar-refractivity contribution in [2.45, 2.75) is 38.7 Å². The average molecular weight is 299 g/mol. The monoisotopic (exact) mass is 299 g/mol. The maximum absolute atomic E-state index is 12.4. The minimum Gasteiger partial charge on any atom is -0.440 e. The van der Waals surface area contributed by atoms with Crippen molar-refractivity contribution in [1.29, 1.82) is 0 Å². The van der Waals surface area contributed by atoms with Gasteiger partial charge >= 0.3 is 0 Å². The predicted molar refractivity (Wildman–Crippen MR) is 75.0 cm³/mol. The number of aldehydes is 1. The fourth-order valence-electron chi connectivity index (χ4n) is 2.63. The largest absolute Gasteiger partial charge is 0.440 e. The van der Waals surface area contributed by atoms with Crippen LogP contribution in [0.15, 0.2) is 21.6 Å². The molecule has 1 aromatic rings. The first-order valence-corrected chi connectivity index (χ1v) is 8.24. The van der Waals surface area contributed by atoms with Crippen LogP contribution in [-0.4, -0.2) is 32.1 Å². The molecule has 0 bridgehead atoms. The van der Waals surface area contributed by atoms with Crippen LogP contribution in [0.25, 0.3) is 0 Å². The lowest BCUT2D eigenvalue weighted by molar-refractivity contribution is 0.109. The summed E-state index contributed by atoms with van der Waals surface area (Å²) in [5.74, 6) is 0.559. The Hall–Kier alpha value is -1.14. The van der Waals surface area contributed by atoms with Gasteiger partial charge < -0.3 is 4.42 Å². The molecular weight excluding hydrogens is 278 g/mol. The van der Waals surface area contributed by atoms with Crippen molar-refractivity contribution in [3.05, 3.63) is 17.9 Å². The smallest absolute Gasteiger partial charge is 0.276 e. The van der Waals surface area contributed by atoms with Crippen LogP contribution < -0.4 is 0 Å². The molecule has 2 rings (SSSR count). The van der Waals surface area contributed by atoms with E-state index in [9.17, 15) is 13.2 Å². The minimum absolute atomic E-state index is 0.0353. The highest BCUT2D eigenvalue weighted by molar-refractivity contribution is 7.89. The fraction of sp³-hybridized carbons (Fsp3) is 0.643. The molecule has 1 aliphatic heterocycles. The van der Waals surface area contributed by atoms with Crippen LogP contribution in [0.2, 0.25) is 0 Å². The standard InChI is InChI=1S/C14H21NO4S/c1-14(2,3)11-6-8-15(9-7-11)20(17,18)13-5-4-12(10-16)19-13/h4-5,10-11H,6-9H2,1-3H3. The number of sulfonamides is 1. The van der Waals surface area contributed by atoms with E-state index in [1.807, 2.05) is 0 Å². The Morgan fingerprint density at radius 3 is 2.30 bits per heavy atom. The number of rotatable bonds is 3. The van der Waals surface area contributed by atoms with Gasteiger partial charge in [-0.2, -0.15) is 4.31 Å². The molecule has 0 saturated carbocycles. The van der Waals surface area contributed by atoms with Crippen molar-refractivity contribution in [1.82, 2.24) is 4.31 Å². The summed E-state index contributed by atoms with van der Waals surface area (Å²) in [6.45, 7) is 7.56. The molecule has 0 unspecified atom stereocenters. The third kappa shape index (κ3) is 2.96. The molecule has 0 amide bonds. The van der Waals surface area contributed by atoms with Crippen molar-refractivity contribution in [3.63, 3.8) is 0 Å². The lowest BCUT2D eigenvalue weighted by atomic mass is 9.76. The van der Waals surface area contributed by atoms with E-state index >= 15 is 0 Å². The quantitative estimate of drug-likeness (QED) is 0.804. The Morgan fingerprint density at radius 1 is 1.25 bits per heavy atom. The molecule has 5 nitrogen and oxygen atoms in total. The average Bonchev–Trinajstić information content (AvgIpc) is 2.87. The number of hydrogen-bond acceptors (Lipinski definition) is 4. The Kier molecular flexibility index (Phi) is 4.07. The Bertz CT molecular complexity index is 575. The van der Waals surface area contributed by atoms with Gasteiger partial charge in [0.05, 0.1) is 0 Å². The van der Waals surface area contributed by atoms with Crippen LogP contribution in [-0.2, 0) is 10.0 Å². The second-order valence-electron chi connectivity index (χ2n) is 6.32. The van der Waals surface area contributed by atoms with Gasteiger partial charge in [0.2, 0.25) is 5.09 Å². The molecule has 0 N–H and O–H groups in total. The first-order valence-electron chi connectivity index (χ1n) is 6.80. The van der Waals surface area contributed by atoms with Gasteiger partial charge in [-0.05, 0) is 36.3 Å². The van der Waals surface area contributed by atoms with E-state index < -0.39 is 10.0 Å². The van der Waals surface area contributed by atoms with E-state index in [2.05, 4.69) is 20.8 Å². The molecule has 0 spiro atoms. The molecule has 0 radical (unpaired) electrons. The third-order valence-corrected chi connectivity index (χ3v) is 5.76. The molecule has 1 aromatic heterocycles. The molecule has 0 aromatic carbocycles. The van der Waals surface area contributed by atoms with Gasteiger partial charge in [-0.3, -0.25) is 4.79 Å². The van der Waals surface area contributed by atoms with Crippen LogP contribution in [0.1, 0.15) is 44.2 Å². The van der Waals surface area contributed by atoms with Gasteiger partial charge in [0.1, 0.15) is 0 Å². The molecule has 0 atom stereocenters. The fourth-order valence-corrected chi connectivity index (χ4v) is 4.01. The predicted octanol–water partition coefficient (Wildman–Crippen LogP) is 2.54. The maximum atomic E-state index is 12.4. The van der Waals surface area contributed by atoms with Gasteiger partial charge in [0.15, 0.2) is 12.0 Å². The highest BCUT2D eigenvalue weighted by Gasteiger charge is 2.35. The first-order chi connectivity index (χ1) is 9.25. The summed E-state index contributed by atoms with van der Waals surface area (Å²) in [6, 6.07) is 2.72. The van der Waals surface area contributed by atoms with Gasteiger partial charge in [-0.25, -0.2) is 8.42 Å². The molecular formula is C14H21NO4S. The number of carbonyl (C=O) groups is 1. The molecule has 20 heavy (non-hydrogen) atoms. The van der Waals surface area contributed by atoms with Crippen LogP contribution >= 0.6 is 0 Å².